The molecule has 2 heterocycles. The summed E-state index contributed by atoms with van der Waals surface area (Å²) in [6.07, 6.45) is 9.54. The lowest BCUT2D eigenvalue weighted by Gasteiger charge is -2.18. The smallest absolute Gasteiger partial charge is 0.257 e. The van der Waals surface area contributed by atoms with E-state index < -0.39 is 0 Å². The van der Waals surface area contributed by atoms with Gasteiger partial charge in [-0.25, -0.2) is 4.98 Å². The zero-order valence-corrected chi connectivity index (χ0v) is 17.0. The lowest BCUT2D eigenvalue weighted by molar-refractivity contribution is -0.112. The van der Waals surface area contributed by atoms with Crippen LogP contribution >= 0.6 is 15.9 Å². The quantitative estimate of drug-likeness (QED) is 0.590. The second kappa shape index (κ2) is 7.98. The molecule has 0 saturated heterocycles. The van der Waals surface area contributed by atoms with Gasteiger partial charge in [-0.15, -0.1) is 0 Å². The van der Waals surface area contributed by atoms with Crippen LogP contribution in [0.1, 0.15) is 18.4 Å². The monoisotopic (exact) mass is 437 g/mol. The van der Waals surface area contributed by atoms with Gasteiger partial charge in [0.05, 0.1) is 11.1 Å². The van der Waals surface area contributed by atoms with E-state index in [1.807, 2.05) is 49.7 Å². The van der Waals surface area contributed by atoms with Crippen LogP contribution in [0.4, 0.5) is 5.69 Å². The van der Waals surface area contributed by atoms with E-state index in [1.54, 1.807) is 10.9 Å². The SMILES string of the molecule is Cn1cc2ccc(NC(=O)C3=CCCC=C3NCc3ccnc(Br)c3)cc2n1. The minimum absolute atomic E-state index is 0.121. The van der Waals surface area contributed by atoms with E-state index in [9.17, 15) is 4.79 Å². The number of fused-ring (bicyclic) bond motifs is 1. The molecular formula is C21H20BrN5O. The molecule has 4 rings (SSSR count). The van der Waals surface area contributed by atoms with Gasteiger partial charge in [0.15, 0.2) is 0 Å². The van der Waals surface area contributed by atoms with Gasteiger partial charge in [-0.05, 0) is 64.7 Å². The second-order valence-corrected chi connectivity index (χ2v) is 7.50. The van der Waals surface area contributed by atoms with Gasteiger partial charge < -0.3 is 10.6 Å². The van der Waals surface area contributed by atoms with Crippen LogP contribution in [0.15, 0.2) is 70.8 Å². The molecule has 1 aliphatic rings. The van der Waals surface area contributed by atoms with Gasteiger partial charge in [0.1, 0.15) is 4.60 Å². The van der Waals surface area contributed by atoms with Gasteiger partial charge in [-0.2, -0.15) is 5.10 Å². The van der Waals surface area contributed by atoms with Crippen LogP contribution in [-0.4, -0.2) is 20.7 Å². The van der Waals surface area contributed by atoms with Crippen LogP contribution in [-0.2, 0) is 18.4 Å². The molecule has 2 aromatic heterocycles. The van der Waals surface area contributed by atoms with E-state index in [-0.39, 0.29) is 5.91 Å². The molecule has 2 N–H and O–H groups in total. The molecule has 6 nitrogen and oxygen atoms in total. The number of benzene rings is 1. The average molecular weight is 438 g/mol. The molecule has 0 unspecified atom stereocenters. The van der Waals surface area contributed by atoms with E-state index >= 15 is 0 Å². The molecule has 0 atom stereocenters. The molecule has 1 amide bonds. The summed E-state index contributed by atoms with van der Waals surface area (Å²) >= 11 is 3.38. The maximum Gasteiger partial charge on any atom is 0.257 e. The highest BCUT2D eigenvalue weighted by molar-refractivity contribution is 9.10. The van der Waals surface area contributed by atoms with Crippen molar-refractivity contribution < 1.29 is 4.79 Å². The number of pyridine rings is 1. The number of rotatable bonds is 5. The summed E-state index contributed by atoms with van der Waals surface area (Å²) in [6, 6.07) is 9.66. The fraction of sp³-hybridized carbons (Fsp3) is 0.190. The fourth-order valence-corrected chi connectivity index (χ4v) is 3.64. The molecule has 0 aliphatic heterocycles. The number of carbonyl (C=O) groups excluding carboxylic acids is 1. The molecule has 7 heteroatoms. The standard InChI is InChI=1S/C21H20BrN5O/c1-27-13-15-6-7-16(11-19(15)26-27)25-21(28)17-4-2-3-5-18(17)24-12-14-8-9-23-20(22)10-14/h4-11,13,24H,2-3,12H2,1H3,(H,25,28). The maximum atomic E-state index is 12.9. The van der Waals surface area contributed by atoms with E-state index in [0.29, 0.717) is 12.1 Å². The molecule has 1 aliphatic carbocycles. The van der Waals surface area contributed by atoms with Crippen molar-refractivity contribution in [1.82, 2.24) is 20.1 Å². The number of halogens is 1. The zero-order valence-electron chi connectivity index (χ0n) is 15.4. The predicted octanol–water partition coefficient (Wildman–Crippen LogP) is 4.06. The number of aromatic nitrogens is 3. The predicted molar refractivity (Wildman–Crippen MR) is 114 cm³/mol. The topological polar surface area (TPSA) is 71.8 Å². The minimum Gasteiger partial charge on any atom is -0.381 e. The van der Waals surface area contributed by atoms with Crippen molar-refractivity contribution in [2.24, 2.45) is 7.05 Å². The molecule has 28 heavy (non-hydrogen) atoms. The first kappa shape index (κ1) is 18.4. The summed E-state index contributed by atoms with van der Waals surface area (Å²) in [4.78, 5) is 17.0. The normalized spacial score (nSPS) is 13.8. The zero-order chi connectivity index (χ0) is 19.5. The Morgan fingerprint density at radius 2 is 2.07 bits per heavy atom. The van der Waals surface area contributed by atoms with Gasteiger partial charge in [0, 0.05) is 42.8 Å². The first-order valence-electron chi connectivity index (χ1n) is 9.08. The Morgan fingerprint density at radius 3 is 2.93 bits per heavy atom. The molecular weight excluding hydrogens is 418 g/mol. The van der Waals surface area contributed by atoms with Crippen LogP contribution in [0, 0.1) is 0 Å². The van der Waals surface area contributed by atoms with E-state index in [4.69, 9.17) is 0 Å². The molecule has 0 spiro atoms. The van der Waals surface area contributed by atoms with Crippen LogP contribution in [0.2, 0.25) is 0 Å². The fourth-order valence-electron chi connectivity index (χ4n) is 3.22. The molecule has 142 valence electrons. The van der Waals surface area contributed by atoms with E-state index in [2.05, 4.69) is 42.7 Å². The summed E-state index contributed by atoms with van der Waals surface area (Å²) in [6.45, 7) is 0.622. The van der Waals surface area contributed by atoms with Crippen molar-refractivity contribution in [3.05, 3.63) is 76.3 Å². The van der Waals surface area contributed by atoms with Crippen molar-refractivity contribution in [2.45, 2.75) is 19.4 Å². The molecule has 0 bridgehead atoms. The number of aryl methyl sites for hydroxylation is 1. The third-order valence-electron chi connectivity index (χ3n) is 4.55. The largest absolute Gasteiger partial charge is 0.381 e. The third kappa shape index (κ3) is 4.14. The summed E-state index contributed by atoms with van der Waals surface area (Å²) < 4.78 is 2.56. The first-order chi connectivity index (χ1) is 13.6. The van der Waals surface area contributed by atoms with E-state index in [0.717, 1.165) is 45.3 Å². The van der Waals surface area contributed by atoms with E-state index in [1.165, 1.54) is 0 Å². The first-order valence-corrected chi connectivity index (χ1v) is 9.87. The Labute approximate surface area is 171 Å². The number of allylic oxidation sites excluding steroid dienone is 2. The number of nitrogens with zero attached hydrogens (tertiary/aromatic N) is 3. The van der Waals surface area contributed by atoms with Crippen molar-refractivity contribution >= 4 is 38.4 Å². The van der Waals surface area contributed by atoms with Gasteiger partial charge in [0.25, 0.3) is 5.91 Å². The highest BCUT2D eigenvalue weighted by atomic mass is 79.9. The Morgan fingerprint density at radius 1 is 1.21 bits per heavy atom. The van der Waals surface area contributed by atoms with Crippen molar-refractivity contribution in [3.8, 4) is 0 Å². The van der Waals surface area contributed by atoms with Gasteiger partial charge in [-0.1, -0.05) is 12.2 Å². The Balaban J connectivity index is 1.46. The summed E-state index contributed by atoms with van der Waals surface area (Å²) in [5, 5.41) is 11.8. The van der Waals surface area contributed by atoms with Crippen molar-refractivity contribution in [2.75, 3.05) is 5.32 Å². The summed E-state index contributed by atoms with van der Waals surface area (Å²) in [5.74, 6) is -0.121. The number of nitrogens with one attached hydrogen (secondary N) is 2. The summed E-state index contributed by atoms with van der Waals surface area (Å²) in [7, 11) is 1.88. The molecule has 0 fully saturated rings. The van der Waals surface area contributed by atoms with Crippen molar-refractivity contribution in [1.29, 1.82) is 0 Å². The number of hydrogen-bond acceptors (Lipinski definition) is 4. The highest BCUT2D eigenvalue weighted by Gasteiger charge is 2.17. The van der Waals surface area contributed by atoms with Crippen LogP contribution in [0.5, 0.6) is 0 Å². The number of anilines is 1. The lowest BCUT2D eigenvalue weighted by atomic mass is 10.0. The Hall–Kier alpha value is -2.93. The molecule has 1 aromatic carbocycles. The van der Waals surface area contributed by atoms with Crippen molar-refractivity contribution in [3.63, 3.8) is 0 Å². The highest BCUT2D eigenvalue weighted by Crippen LogP contribution is 2.22. The summed E-state index contributed by atoms with van der Waals surface area (Å²) in [5.41, 5.74) is 4.21. The number of carbonyl (C=O) groups is 1. The van der Waals surface area contributed by atoms with Crippen LogP contribution < -0.4 is 10.6 Å². The lowest BCUT2D eigenvalue weighted by Crippen LogP contribution is -2.24. The Kier molecular flexibility index (Phi) is 5.25. The van der Waals surface area contributed by atoms with Crippen LogP contribution in [0.3, 0.4) is 0 Å². The Bertz CT molecular complexity index is 1100. The van der Waals surface area contributed by atoms with Gasteiger partial charge in [0.2, 0.25) is 0 Å². The molecule has 0 saturated carbocycles. The van der Waals surface area contributed by atoms with Gasteiger partial charge >= 0.3 is 0 Å². The maximum absolute atomic E-state index is 12.9. The third-order valence-corrected chi connectivity index (χ3v) is 4.99. The molecule has 0 radical (unpaired) electrons. The second-order valence-electron chi connectivity index (χ2n) is 6.68. The molecule has 3 aromatic rings. The van der Waals surface area contributed by atoms with Crippen LogP contribution in [0.25, 0.3) is 10.9 Å². The average Bonchev–Trinajstić information content (AvgIpc) is 3.06. The number of hydrogen-bond donors (Lipinski definition) is 2. The minimum atomic E-state index is -0.121. The van der Waals surface area contributed by atoms with Gasteiger partial charge in [-0.3, -0.25) is 9.48 Å². The number of amides is 1.